The van der Waals surface area contributed by atoms with E-state index < -0.39 is 11.6 Å². The summed E-state index contributed by atoms with van der Waals surface area (Å²) >= 11 is 0. The number of amides is 1. The maximum atomic E-state index is 14.3. The van der Waals surface area contributed by atoms with Gasteiger partial charge >= 0.3 is 0 Å². The lowest BCUT2D eigenvalue weighted by Crippen LogP contribution is -2.54. The molecule has 4 aromatic rings. The molecule has 3 N–H and O–H groups in total. The van der Waals surface area contributed by atoms with E-state index in [1.54, 1.807) is 30.3 Å². The van der Waals surface area contributed by atoms with Crippen LogP contribution in [0.1, 0.15) is 34.8 Å². The van der Waals surface area contributed by atoms with Gasteiger partial charge in [-0.05, 0) is 47.3 Å². The van der Waals surface area contributed by atoms with E-state index in [0.29, 0.717) is 48.6 Å². The van der Waals surface area contributed by atoms with E-state index in [2.05, 4.69) is 20.9 Å². The van der Waals surface area contributed by atoms with Gasteiger partial charge in [-0.3, -0.25) is 10.2 Å². The van der Waals surface area contributed by atoms with Gasteiger partial charge in [-0.15, -0.1) is 0 Å². The second-order valence-electron chi connectivity index (χ2n) is 10.3. The van der Waals surface area contributed by atoms with E-state index >= 15 is 0 Å². The summed E-state index contributed by atoms with van der Waals surface area (Å²) in [5.41, 5.74) is 17.4. The number of aliphatic hydroxyl groups excluding tert-OH is 1. The Morgan fingerprint density at radius 3 is 2.34 bits per heavy atom. The van der Waals surface area contributed by atoms with Crippen LogP contribution in [0.15, 0.2) is 119 Å². The Morgan fingerprint density at radius 1 is 0.955 bits per heavy atom. The number of ether oxygens (including phenoxy) is 2. The normalized spacial score (nSPS) is 17.2. The highest BCUT2D eigenvalue weighted by atomic mass is 16.5. The maximum absolute atomic E-state index is 14.3. The standard InChI is InChI=1S/C34H34N6O4/c35-40-38-30-15-8-7-14-29(30)31-34(24-26-12-5-2-6-13-26,33(42)39-36-21-20-25-10-3-1-4-11-25)37-32(44-31)27-16-18-28(19-17-27)43-23-9-22-41/h1-8,10-19,31,36,41H,9,20-24H2,(H,39,42)/t31-,34-/m0/s1. The van der Waals surface area contributed by atoms with E-state index in [1.165, 1.54) is 0 Å². The number of nitrogens with one attached hydrogen (secondary N) is 2. The molecular weight excluding hydrogens is 556 g/mol. The molecule has 224 valence electrons. The number of azide groups is 1. The molecule has 1 aliphatic rings. The summed E-state index contributed by atoms with van der Waals surface area (Å²) in [6.07, 6.45) is 0.561. The van der Waals surface area contributed by atoms with E-state index in [1.807, 2.05) is 78.9 Å². The summed E-state index contributed by atoms with van der Waals surface area (Å²) in [4.78, 5) is 22.3. The molecule has 0 radical (unpaired) electrons. The lowest BCUT2D eigenvalue weighted by Gasteiger charge is -2.31. The Labute approximate surface area is 256 Å². The van der Waals surface area contributed by atoms with Crippen LogP contribution in [0.25, 0.3) is 10.4 Å². The first-order valence-electron chi connectivity index (χ1n) is 14.5. The van der Waals surface area contributed by atoms with Crippen LogP contribution >= 0.6 is 0 Å². The van der Waals surface area contributed by atoms with Crippen LogP contribution in [0.3, 0.4) is 0 Å². The summed E-state index contributed by atoms with van der Waals surface area (Å²) < 4.78 is 12.2. The first-order valence-corrected chi connectivity index (χ1v) is 14.5. The zero-order valence-corrected chi connectivity index (χ0v) is 24.2. The number of aliphatic hydroxyl groups is 1. The molecule has 0 aliphatic carbocycles. The predicted octanol–water partition coefficient (Wildman–Crippen LogP) is 5.75. The number of nitrogens with zero attached hydrogens (tertiary/aromatic N) is 4. The van der Waals surface area contributed by atoms with Gasteiger partial charge in [0, 0.05) is 47.7 Å². The van der Waals surface area contributed by atoms with Gasteiger partial charge in [0.1, 0.15) is 5.75 Å². The zero-order valence-electron chi connectivity index (χ0n) is 24.2. The van der Waals surface area contributed by atoms with Crippen molar-refractivity contribution in [1.82, 2.24) is 10.9 Å². The minimum Gasteiger partial charge on any atom is -0.494 e. The number of rotatable bonds is 14. The summed E-state index contributed by atoms with van der Waals surface area (Å²) in [6, 6.07) is 33.9. The van der Waals surface area contributed by atoms with Gasteiger partial charge in [0.05, 0.1) is 6.61 Å². The van der Waals surface area contributed by atoms with Gasteiger partial charge < -0.3 is 14.6 Å². The second kappa shape index (κ2) is 14.8. The average Bonchev–Trinajstić information content (AvgIpc) is 3.45. The lowest BCUT2D eigenvalue weighted by molar-refractivity contribution is -0.130. The van der Waals surface area contributed by atoms with Crippen molar-refractivity contribution in [1.29, 1.82) is 0 Å². The molecule has 0 saturated carbocycles. The van der Waals surface area contributed by atoms with Crippen molar-refractivity contribution in [3.8, 4) is 5.75 Å². The van der Waals surface area contributed by atoms with E-state index in [-0.39, 0.29) is 24.8 Å². The number of hydrogen-bond donors (Lipinski definition) is 3. The molecule has 44 heavy (non-hydrogen) atoms. The topological polar surface area (TPSA) is 141 Å². The van der Waals surface area contributed by atoms with Gasteiger partial charge in [-0.25, -0.2) is 10.4 Å². The molecular formula is C34H34N6O4. The monoisotopic (exact) mass is 590 g/mol. The van der Waals surface area contributed by atoms with Crippen LogP contribution < -0.4 is 15.6 Å². The third-order valence-corrected chi connectivity index (χ3v) is 7.30. The van der Waals surface area contributed by atoms with Crippen LogP contribution in [0, 0.1) is 0 Å². The Balaban J connectivity index is 1.51. The molecule has 0 bridgehead atoms. The number of aliphatic imine (C=N–C) groups is 1. The predicted molar refractivity (Wildman–Crippen MR) is 168 cm³/mol. The second-order valence-corrected chi connectivity index (χ2v) is 10.3. The van der Waals surface area contributed by atoms with Crippen molar-refractivity contribution in [2.24, 2.45) is 10.1 Å². The molecule has 0 aromatic heterocycles. The van der Waals surface area contributed by atoms with Gasteiger partial charge in [0.25, 0.3) is 5.91 Å². The van der Waals surface area contributed by atoms with E-state index in [4.69, 9.17) is 19.6 Å². The van der Waals surface area contributed by atoms with Crippen molar-refractivity contribution >= 4 is 17.5 Å². The molecule has 1 aliphatic heterocycles. The molecule has 10 nitrogen and oxygen atoms in total. The molecule has 0 fully saturated rings. The van der Waals surface area contributed by atoms with Crippen LogP contribution in [-0.2, 0) is 22.4 Å². The molecule has 2 atom stereocenters. The number of hydrogen-bond acceptors (Lipinski definition) is 7. The quantitative estimate of drug-likeness (QED) is 0.0564. The van der Waals surface area contributed by atoms with Gasteiger partial charge in [0.2, 0.25) is 5.90 Å². The third kappa shape index (κ3) is 7.25. The largest absolute Gasteiger partial charge is 0.494 e. The highest BCUT2D eigenvalue weighted by Crippen LogP contribution is 2.45. The van der Waals surface area contributed by atoms with Crippen molar-refractivity contribution in [3.63, 3.8) is 0 Å². The molecule has 0 spiro atoms. The number of carbonyl (C=O) groups excluding carboxylic acids is 1. The van der Waals surface area contributed by atoms with Crippen molar-refractivity contribution < 1.29 is 19.4 Å². The van der Waals surface area contributed by atoms with Crippen molar-refractivity contribution in [2.45, 2.75) is 30.9 Å². The summed E-state index contributed by atoms with van der Waals surface area (Å²) in [5, 5.41) is 13.0. The average molecular weight is 591 g/mol. The SMILES string of the molecule is [N-]=[N+]=Nc1ccccc1[C@@H]1OC(c2ccc(OCCCO)cc2)=N[C@]1(Cc1ccccc1)C(=O)NNCCc1ccccc1. The summed E-state index contributed by atoms with van der Waals surface area (Å²) in [6.45, 7) is 0.948. The number of benzene rings is 4. The van der Waals surface area contributed by atoms with Crippen LogP contribution in [0.5, 0.6) is 5.75 Å². The van der Waals surface area contributed by atoms with E-state index in [9.17, 15) is 10.3 Å². The Morgan fingerprint density at radius 2 is 1.64 bits per heavy atom. The lowest BCUT2D eigenvalue weighted by atomic mass is 9.81. The van der Waals surface area contributed by atoms with Gasteiger partial charge in [-0.2, -0.15) is 0 Å². The molecule has 0 unspecified atom stereocenters. The molecule has 0 saturated heterocycles. The Kier molecular flexibility index (Phi) is 10.2. The minimum atomic E-state index is -1.45. The third-order valence-electron chi connectivity index (χ3n) is 7.30. The number of carbonyl (C=O) groups is 1. The Hall–Kier alpha value is -5.15. The highest BCUT2D eigenvalue weighted by molar-refractivity contribution is 6.01. The molecule has 1 amide bonds. The zero-order chi connectivity index (χ0) is 30.6. The molecule has 1 heterocycles. The highest BCUT2D eigenvalue weighted by Gasteiger charge is 2.54. The number of hydrazine groups is 1. The smallest absolute Gasteiger partial charge is 0.266 e. The minimum absolute atomic E-state index is 0.0497. The summed E-state index contributed by atoms with van der Waals surface area (Å²) in [5.74, 6) is 0.541. The first-order chi connectivity index (χ1) is 21.6. The van der Waals surface area contributed by atoms with Crippen molar-refractivity contribution in [3.05, 3.63) is 142 Å². The van der Waals surface area contributed by atoms with Crippen molar-refractivity contribution in [2.75, 3.05) is 19.8 Å². The fraction of sp³-hybridized carbons (Fsp3) is 0.235. The molecule has 4 aromatic carbocycles. The van der Waals surface area contributed by atoms with Crippen LogP contribution in [0.4, 0.5) is 5.69 Å². The Bertz CT molecular complexity index is 1610. The van der Waals surface area contributed by atoms with Gasteiger partial charge in [-0.1, -0.05) is 90.0 Å². The van der Waals surface area contributed by atoms with Crippen LogP contribution in [0.2, 0.25) is 0 Å². The maximum Gasteiger partial charge on any atom is 0.266 e. The van der Waals surface area contributed by atoms with Crippen LogP contribution in [-0.4, -0.2) is 42.2 Å². The van der Waals surface area contributed by atoms with E-state index in [0.717, 1.165) is 11.1 Å². The molecule has 5 rings (SSSR count). The van der Waals surface area contributed by atoms with Gasteiger partial charge in [0.15, 0.2) is 11.6 Å². The summed E-state index contributed by atoms with van der Waals surface area (Å²) in [7, 11) is 0. The first kappa shape index (κ1) is 30.3. The fourth-order valence-corrected chi connectivity index (χ4v) is 5.12. The molecule has 10 heteroatoms. The fourth-order valence-electron chi connectivity index (χ4n) is 5.12.